The number of rotatable bonds is 8. The molecule has 0 aliphatic carbocycles. The lowest BCUT2D eigenvalue weighted by Gasteiger charge is -2.20. The highest BCUT2D eigenvalue weighted by Crippen LogP contribution is 2.37. The van der Waals surface area contributed by atoms with E-state index in [1.54, 1.807) is 6.08 Å². The van der Waals surface area contributed by atoms with E-state index in [1.165, 1.54) is 22.7 Å². The van der Waals surface area contributed by atoms with Crippen molar-refractivity contribution >= 4 is 51.6 Å². The number of nitrogens with zero attached hydrogens (tertiary/aromatic N) is 4. The molecule has 4 aromatic heterocycles. The van der Waals surface area contributed by atoms with Gasteiger partial charge < -0.3 is 20.6 Å². The third kappa shape index (κ3) is 5.92. The predicted molar refractivity (Wildman–Crippen MR) is 231 cm³/mol. The Labute approximate surface area is 324 Å². The first-order valence-electron chi connectivity index (χ1n) is 18.8. The zero-order chi connectivity index (χ0) is 37.4. The van der Waals surface area contributed by atoms with Crippen LogP contribution in [0.5, 0.6) is 0 Å². The van der Waals surface area contributed by atoms with Gasteiger partial charge in [0.05, 0.1) is 28.5 Å². The monoisotopic (exact) mass is 723 g/mol. The minimum Gasteiger partial charge on any atom is -0.379 e. The molecule has 8 aromatic rings. The molecule has 0 radical (unpaired) electrons. The van der Waals surface area contributed by atoms with Crippen molar-refractivity contribution < 1.29 is 0 Å². The topological polar surface area (TPSA) is 83.5 Å². The third-order valence-corrected chi connectivity index (χ3v) is 10.6. The number of anilines is 1. The van der Waals surface area contributed by atoms with Crippen LogP contribution in [0.3, 0.4) is 0 Å². The van der Waals surface area contributed by atoms with Gasteiger partial charge in [-0.25, -0.2) is 0 Å². The molecule has 10 rings (SSSR count). The fourth-order valence-corrected chi connectivity index (χ4v) is 7.92. The van der Waals surface area contributed by atoms with E-state index in [1.807, 2.05) is 36.7 Å². The lowest BCUT2D eigenvalue weighted by molar-refractivity contribution is 0.724. The number of aromatic nitrogens is 4. The largest absolute Gasteiger partial charge is 0.379 e. The number of allylic oxidation sites excluding steroid dienone is 3. The molecule has 0 spiro atoms. The van der Waals surface area contributed by atoms with Crippen LogP contribution in [0.2, 0.25) is 0 Å². The second-order valence-corrected chi connectivity index (χ2v) is 14.0. The number of pyridine rings is 2. The van der Waals surface area contributed by atoms with Crippen LogP contribution in [0, 0.1) is 5.41 Å². The van der Waals surface area contributed by atoms with Crippen LogP contribution in [-0.2, 0) is 0 Å². The minimum atomic E-state index is -0.0556. The standard InChI is InChI=1S/C49H37N7/c50-24-7-9-36-32-55(47-14-3-1-10-41(36)47)40-28-37(27-38(29-40)44-13-5-6-25-51-44)35-19-23-46(54-31-35)45-22-18-34(30-53-45)33-16-20-39(21-17-33)56-48-15-4-2-11-42(48)43-12-8-26-52-49(43)56/h1-25,27-32,46,50,52,54H,26H2/b9-7-,50-24?. The zero-order valence-corrected chi connectivity index (χ0v) is 30.5. The summed E-state index contributed by atoms with van der Waals surface area (Å²) in [5.41, 5.74) is 14.0. The highest BCUT2D eigenvalue weighted by atomic mass is 15.1. The van der Waals surface area contributed by atoms with E-state index in [0.29, 0.717) is 0 Å². The molecule has 0 saturated heterocycles. The number of hydrogen-bond acceptors (Lipinski definition) is 5. The quantitative estimate of drug-likeness (QED) is 0.136. The lowest BCUT2D eigenvalue weighted by atomic mass is 9.97. The van der Waals surface area contributed by atoms with Gasteiger partial charge in [-0.3, -0.25) is 14.5 Å². The molecule has 1 atom stereocenters. The van der Waals surface area contributed by atoms with Crippen LogP contribution < -0.4 is 10.6 Å². The van der Waals surface area contributed by atoms with Crippen molar-refractivity contribution in [3.05, 3.63) is 193 Å². The lowest BCUT2D eigenvalue weighted by Crippen LogP contribution is -2.17. The van der Waals surface area contributed by atoms with Crippen molar-refractivity contribution in [2.45, 2.75) is 6.04 Å². The Bertz CT molecular complexity index is 2890. The van der Waals surface area contributed by atoms with Gasteiger partial charge >= 0.3 is 0 Å². The molecule has 2 aliphatic heterocycles. The number of benzene rings is 4. The first-order chi connectivity index (χ1) is 27.7. The van der Waals surface area contributed by atoms with Crippen LogP contribution in [0.1, 0.15) is 28.4 Å². The Morgan fingerprint density at radius 2 is 1.52 bits per heavy atom. The molecule has 7 heteroatoms. The third-order valence-electron chi connectivity index (χ3n) is 10.6. The molecule has 2 aliphatic rings. The Balaban J connectivity index is 0.915. The maximum Gasteiger partial charge on any atom is 0.119 e. The second-order valence-electron chi connectivity index (χ2n) is 14.0. The Morgan fingerprint density at radius 3 is 2.30 bits per heavy atom. The molecule has 0 fully saturated rings. The molecular formula is C49H37N7. The van der Waals surface area contributed by atoms with E-state index in [2.05, 4.69) is 165 Å². The van der Waals surface area contributed by atoms with Crippen molar-refractivity contribution in [3.63, 3.8) is 0 Å². The van der Waals surface area contributed by atoms with Gasteiger partial charge in [0.25, 0.3) is 0 Å². The fourth-order valence-electron chi connectivity index (χ4n) is 7.92. The molecule has 268 valence electrons. The van der Waals surface area contributed by atoms with Gasteiger partial charge in [-0.2, -0.15) is 0 Å². The average Bonchev–Trinajstić information content (AvgIpc) is 3.82. The van der Waals surface area contributed by atoms with Crippen molar-refractivity contribution in [3.8, 4) is 33.8 Å². The van der Waals surface area contributed by atoms with Crippen LogP contribution in [0.4, 0.5) is 5.82 Å². The molecule has 4 aromatic carbocycles. The van der Waals surface area contributed by atoms with Crippen molar-refractivity contribution in [1.82, 2.24) is 24.4 Å². The van der Waals surface area contributed by atoms with Crippen LogP contribution in [-0.4, -0.2) is 31.9 Å². The maximum atomic E-state index is 7.53. The highest BCUT2D eigenvalue weighted by Gasteiger charge is 2.19. The first-order valence-corrected chi connectivity index (χ1v) is 18.8. The number of nitrogens with one attached hydrogen (secondary N) is 3. The smallest absolute Gasteiger partial charge is 0.119 e. The van der Waals surface area contributed by atoms with E-state index < -0.39 is 0 Å². The van der Waals surface area contributed by atoms with Gasteiger partial charge in [-0.05, 0) is 83.4 Å². The average molecular weight is 724 g/mol. The van der Waals surface area contributed by atoms with Gasteiger partial charge in [0.1, 0.15) is 5.82 Å². The van der Waals surface area contributed by atoms with Gasteiger partial charge in [-0.15, -0.1) is 0 Å². The Kier molecular flexibility index (Phi) is 8.30. The maximum absolute atomic E-state index is 7.53. The summed E-state index contributed by atoms with van der Waals surface area (Å²) in [7, 11) is 0. The SMILES string of the molecule is N=C/C=C\c1cn(-c2cc(C3=CNC(c4ccc(-c5ccc(-n6c7c(c8ccccc86)C=CCN7)cc5)cn4)C=C3)cc(-c3ccccn3)c2)c2ccccc12. The van der Waals surface area contributed by atoms with Crippen molar-refractivity contribution in [1.29, 1.82) is 5.41 Å². The normalized spacial score (nSPS) is 14.8. The summed E-state index contributed by atoms with van der Waals surface area (Å²) in [5, 5.41) is 17.1. The van der Waals surface area contributed by atoms with E-state index in [-0.39, 0.29) is 6.04 Å². The number of hydrogen-bond donors (Lipinski definition) is 3. The zero-order valence-electron chi connectivity index (χ0n) is 30.5. The van der Waals surface area contributed by atoms with Gasteiger partial charge in [-0.1, -0.05) is 91.0 Å². The summed E-state index contributed by atoms with van der Waals surface area (Å²) in [5.74, 6) is 1.14. The molecule has 0 bridgehead atoms. The van der Waals surface area contributed by atoms with E-state index >= 15 is 0 Å². The summed E-state index contributed by atoms with van der Waals surface area (Å²) in [4.78, 5) is 9.60. The summed E-state index contributed by atoms with van der Waals surface area (Å²) >= 11 is 0. The molecule has 1 unspecified atom stereocenters. The van der Waals surface area contributed by atoms with Crippen LogP contribution in [0.15, 0.2) is 170 Å². The summed E-state index contributed by atoms with van der Waals surface area (Å²) in [6.45, 7) is 0.820. The predicted octanol–water partition coefficient (Wildman–Crippen LogP) is 11.0. The van der Waals surface area contributed by atoms with E-state index in [9.17, 15) is 0 Å². The molecule has 56 heavy (non-hydrogen) atoms. The fraction of sp³-hybridized carbons (Fsp3) is 0.0408. The molecular weight excluding hydrogens is 687 g/mol. The first kappa shape index (κ1) is 33.1. The number of para-hydroxylation sites is 2. The van der Waals surface area contributed by atoms with E-state index in [4.69, 9.17) is 10.4 Å². The molecule has 7 nitrogen and oxygen atoms in total. The van der Waals surface area contributed by atoms with E-state index in [0.717, 1.165) is 79.4 Å². The molecule has 6 heterocycles. The Morgan fingerprint density at radius 1 is 0.714 bits per heavy atom. The molecule has 3 N–H and O–H groups in total. The van der Waals surface area contributed by atoms with Crippen LogP contribution >= 0.6 is 0 Å². The second kappa shape index (κ2) is 14.0. The number of dihydropyridines is 1. The summed E-state index contributed by atoms with van der Waals surface area (Å²) in [6, 6.07) is 42.5. The minimum absolute atomic E-state index is 0.0556. The van der Waals surface area contributed by atoms with Crippen molar-refractivity contribution in [2.24, 2.45) is 0 Å². The van der Waals surface area contributed by atoms with Gasteiger partial charge in [0.2, 0.25) is 0 Å². The molecule has 0 amide bonds. The molecule has 0 saturated carbocycles. The number of fused-ring (bicyclic) bond motifs is 4. The Hall–Kier alpha value is -7.51. The van der Waals surface area contributed by atoms with Crippen molar-refractivity contribution in [2.75, 3.05) is 11.9 Å². The highest BCUT2D eigenvalue weighted by molar-refractivity contribution is 5.98. The van der Waals surface area contributed by atoms with Gasteiger partial charge in [0.15, 0.2) is 0 Å². The van der Waals surface area contributed by atoms with Crippen LogP contribution in [0.25, 0.3) is 73.3 Å². The summed E-state index contributed by atoms with van der Waals surface area (Å²) < 4.78 is 4.54. The summed E-state index contributed by atoms with van der Waals surface area (Å²) in [6.07, 6.45) is 21.8. The van der Waals surface area contributed by atoms with Gasteiger partial charge in [0, 0.05) is 82.0 Å².